The molecule has 0 fully saturated rings. The van der Waals surface area contributed by atoms with Crippen LogP contribution in [0.15, 0.2) is 18.2 Å². The van der Waals surface area contributed by atoms with Crippen LogP contribution < -0.4 is 0 Å². The molecule has 0 radical (unpaired) electrons. The molecule has 0 spiro atoms. The zero-order valence-corrected chi connectivity index (χ0v) is 9.74. The second kappa shape index (κ2) is 6.63. The molecular weight excluding hydrogens is 228 g/mol. The zero-order valence-electron chi connectivity index (χ0n) is 9.74. The van der Waals surface area contributed by atoms with Crippen LogP contribution in [0, 0.1) is 0 Å². The minimum absolute atomic E-state index is 0. The van der Waals surface area contributed by atoms with Gasteiger partial charge >= 0.3 is 43.7 Å². The van der Waals surface area contributed by atoms with E-state index in [0.29, 0.717) is 11.5 Å². The van der Waals surface area contributed by atoms with Gasteiger partial charge in [0.25, 0.3) is 0 Å². The molecule has 1 rings (SSSR count). The Kier molecular flexibility index (Phi) is 6.61. The van der Waals surface area contributed by atoms with Gasteiger partial charge in [-0.15, -0.1) is 0 Å². The molecule has 3 heteroatoms. The van der Waals surface area contributed by atoms with Crippen LogP contribution in [0.4, 0.5) is 0 Å². The molecule has 1 aromatic rings. The van der Waals surface area contributed by atoms with Crippen molar-refractivity contribution in [3.05, 3.63) is 34.9 Å². The molecule has 0 atom stereocenters. The average Bonchev–Trinajstić information content (AvgIpc) is 2.16. The fourth-order valence-electron chi connectivity index (χ4n) is 1.61. The van der Waals surface area contributed by atoms with Crippen molar-refractivity contribution in [3.63, 3.8) is 0 Å². The van der Waals surface area contributed by atoms with E-state index in [9.17, 15) is 4.79 Å². The van der Waals surface area contributed by atoms with Crippen molar-refractivity contribution >= 4 is 43.7 Å². The molecule has 1 aromatic carbocycles. The molecule has 0 unspecified atom stereocenters. The number of hydrogen-bond donors (Lipinski definition) is 1. The first-order valence-electron chi connectivity index (χ1n) is 5.30. The molecule has 0 aliphatic heterocycles. The summed E-state index contributed by atoms with van der Waals surface area (Å²) in [7, 11) is 0. The summed E-state index contributed by atoms with van der Waals surface area (Å²) < 4.78 is 0. The van der Waals surface area contributed by atoms with Crippen LogP contribution in [-0.4, -0.2) is 48.8 Å². The van der Waals surface area contributed by atoms with Crippen LogP contribution >= 0.6 is 0 Å². The van der Waals surface area contributed by atoms with E-state index in [0.717, 1.165) is 5.56 Å². The molecule has 0 aromatic heterocycles. The first-order chi connectivity index (χ1) is 6.93. The molecule has 0 saturated heterocycles. The van der Waals surface area contributed by atoms with Gasteiger partial charge in [0.15, 0.2) is 0 Å². The molecule has 0 heterocycles. The Hall–Kier alpha value is -0.0503. The normalized spacial score (nSPS) is 10.4. The quantitative estimate of drug-likeness (QED) is 0.835. The summed E-state index contributed by atoms with van der Waals surface area (Å²) in [5.74, 6) is -0.158. The summed E-state index contributed by atoms with van der Waals surface area (Å²) in [6, 6.07) is 5.63. The van der Waals surface area contributed by atoms with Gasteiger partial charge in [-0.2, -0.15) is 0 Å². The van der Waals surface area contributed by atoms with E-state index in [2.05, 4.69) is 13.8 Å². The number of aromatic carboxylic acids is 1. The van der Waals surface area contributed by atoms with Gasteiger partial charge in [0.05, 0.1) is 5.56 Å². The van der Waals surface area contributed by atoms with Gasteiger partial charge in [0.2, 0.25) is 0 Å². The van der Waals surface area contributed by atoms with E-state index >= 15 is 0 Å². The summed E-state index contributed by atoms with van der Waals surface area (Å²) in [6.07, 6.45) is 0. The average molecular weight is 248 g/mol. The Labute approximate surface area is 127 Å². The Morgan fingerprint density at radius 3 is 2.06 bits per heavy atom. The number of rotatable bonds is 3. The van der Waals surface area contributed by atoms with E-state index in [1.54, 1.807) is 6.07 Å². The number of benzene rings is 1. The predicted octanol–water partition coefficient (Wildman–Crippen LogP) is 2.72. The number of carboxylic acid groups (broad SMARTS) is 1. The van der Waals surface area contributed by atoms with Gasteiger partial charge in [-0.25, -0.2) is 4.79 Å². The van der Waals surface area contributed by atoms with Crippen LogP contribution in [0.25, 0.3) is 0 Å². The van der Waals surface area contributed by atoms with E-state index < -0.39 is 5.97 Å². The minimum atomic E-state index is -0.839. The fraction of sp³-hybridized carbons (Fsp3) is 0.462. The standard InChI is InChI=1S/C13H18O2.Ca.2H/c1-8(2)10-5-6-11(13(14)15)12(7-10)9(3)4;;;/h5-9H,1-4H3,(H,14,15);;;. The Bertz CT molecular complexity index is 370. The molecule has 0 aliphatic carbocycles. The van der Waals surface area contributed by atoms with Crippen molar-refractivity contribution in [3.8, 4) is 0 Å². The molecule has 0 saturated carbocycles. The van der Waals surface area contributed by atoms with Gasteiger partial charge < -0.3 is 5.11 Å². The zero-order chi connectivity index (χ0) is 11.6. The number of carboxylic acids is 1. The SMILES string of the molecule is CC(C)c1ccc(C(=O)O)c(C(C)C)c1.[CaH2]. The van der Waals surface area contributed by atoms with Gasteiger partial charge in [-0.05, 0) is 29.0 Å². The van der Waals surface area contributed by atoms with E-state index in [1.807, 2.05) is 26.0 Å². The van der Waals surface area contributed by atoms with Crippen LogP contribution in [0.5, 0.6) is 0 Å². The summed E-state index contributed by atoms with van der Waals surface area (Å²) in [5, 5.41) is 9.04. The Morgan fingerprint density at radius 1 is 1.12 bits per heavy atom. The van der Waals surface area contributed by atoms with Crippen molar-refractivity contribution in [1.82, 2.24) is 0 Å². The number of carbonyl (C=O) groups is 1. The number of hydrogen-bond acceptors (Lipinski definition) is 1. The third kappa shape index (κ3) is 3.76. The molecule has 0 amide bonds. The first kappa shape index (κ1) is 15.9. The van der Waals surface area contributed by atoms with Crippen molar-refractivity contribution < 1.29 is 9.90 Å². The monoisotopic (exact) mass is 248 g/mol. The molecule has 16 heavy (non-hydrogen) atoms. The van der Waals surface area contributed by atoms with Crippen LogP contribution in [-0.2, 0) is 0 Å². The van der Waals surface area contributed by atoms with Gasteiger partial charge in [-0.1, -0.05) is 39.8 Å². The van der Waals surface area contributed by atoms with Gasteiger partial charge in [0, 0.05) is 0 Å². The van der Waals surface area contributed by atoms with Crippen LogP contribution in [0.1, 0.15) is 61.0 Å². The second-order valence-corrected chi connectivity index (χ2v) is 4.46. The molecule has 0 bridgehead atoms. The van der Waals surface area contributed by atoms with Crippen molar-refractivity contribution in [1.29, 1.82) is 0 Å². The maximum absolute atomic E-state index is 11.0. The molecule has 86 valence electrons. The Balaban J connectivity index is 0.00000225. The van der Waals surface area contributed by atoms with Crippen LogP contribution in [0.2, 0.25) is 0 Å². The Morgan fingerprint density at radius 2 is 1.69 bits per heavy atom. The fourth-order valence-corrected chi connectivity index (χ4v) is 1.61. The van der Waals surface area contributed by atoms with E-state index in [1.165, 1.54) is 5.56 Å². The van der Waals surface area contributed by atoms with E-state index in [4.69, 9.17) is 5.11 Å². The summed E-state index contributed by atoms with van der Waals surface area (Å²) >= 11 is 0. The molecule has 1 N–H and O–H groups in total. The summed E-state index contributed by atoms with van der Waals surface area (Å²) in [6.45, 7) is 8.26. The summed E-state index contributed by atoms with van der Waals surface area (Å²) in [4.78, 5) is 11.0. The maximum atomic E-state index is 11.0. The van der Waals surface area contributed by atoms with Crippen molar-refractivity contribution in [2.45, 2.75) is 39.5 Å². The third-order valence-electron chi connectivity index (χ3n) is 2.59. The molecule has 2 nitrogen and oxygen atoms in total. The molecular formula is C13H20CaO2. The first-order valence-corrected chi connectivity index (χ1v) is 5.30. The second-order valence-electron chi connectivity index (χ2n) is 4.46. The third-order valence-corrected chi connectivity index (χ3v) is 2.59. The van der Waals surface area contributed by atoms with E-state index in [-0.39, 0.29) is 43.7 Å². The topological polar surface area (TPSA) is 37.3 Å². The van der Waals surface area contributed by atoms with Crippen LogP contribution in [0.3, 0.4) is 0 Å². The molecule has 0 aliphatic rings. The summed E-state index contributed by atoms with van der Waals surface area (Å²) in [5.41, 5.74) is 2.55. The van der Waals surface area contributed by atoms with Gasteiger partial charge in [0.1, 0.15) is 0 Å². The van der Waals surface area contributed by atoms with Gasteiger partial charge in [-0.3, -0.25) is 0 Å². The van der Waals surface area contributed by atoms with Crippen molar-refractivity contribution in [2.24, 2.45) is 0 Å². The van der Waals surface area contributed by atoms with Crippen molar-refractivity contribution in [2.75, 3.05) is 0 Å². The predicted molar refractivity (Wildman–Crippen MR) is 70.1 cm³/mol.